The normalized spacial score (nSPS) is 19.3. The van der Waals surface area contributed by atoms with Crippen LogP contribution in [0.4, 0.5) is 5.69 Å². The molecule has 1 atom stereocenters. The molecule has 1 fully saturated rings. The first-order valence-corrected chi connectivity index (χ1v) is 9.13. The highest BCUT2D eigenvalue weighted by atomic mass is 16.5. The summed E-state index contributed by atoms with van der Waals surface area (Å²) in [5, 5.41) is 3.79. The number of anilines is 1. The summed E-state index contributed by atoms with van der Waals surface area (Å²) in [6, 6.07) is 5.83. The standard InChI is InChI=1S/C20H27N3O3/c1-13-6-7-15-14(10-13)17(18(21-15)19(25)26-4)22-16(24)11-23-9-5-8-20(2,3)12-23/h6-7,10,21H,5,8-9,11-12H2,1-4H3,(H,22,24)/p+1. The minimum Gasteiger partial charge on any atom is -0.464 e. The summed E-state index contributed by atoms with van der Waals surface area (Å²) in [7, 11) is 1.34. The highest BCUT2D eigenvalue weighted by Crippen LogP contribution is 2.29. The Morgan fingerprint density at radius 1 is 1.35 bits per heavy atom. The summed E-state index contributed by atoms with van der Waals surface area (Å²) < 4.78 is 4.87. The van der Waals surface area contributed by atoms with Crippen LogP contribution in [0.2, 0.25) is 0 Å². The lowest BCUT2D eigenvalue weighted by atomic mass is 9.84. The van der Waals surface area contributed by atoms with Crippen molar-refractivity contribution in [3.63, 3.8) is 0 Å². The van der Waals surface area contributed by atoms with Gasteiger partial charge in [0.1, 0.15) is 5.69 Å². The largest absolute Gasteiger partial charge is 0.464 e. The van der Waals surface area contributed by atoms with E-state index in [2.05, 4.69) is 24.1 Å². The lowest BCUT2D eigenvalue weighted by Crippen LogP contribution is -3.15. The topological polar surface area (TPSA) is 75.6 Å². The monoisotopic (exact) mass is 358 g/mol. The van der Waals surface area contributed by atoms with E-state index in [1.165, 1.54) is 18.4 Å². The number of piperidine rings is 1. The SMILES string of the molecule is COC(=O)c1[nH]c2ccc(C)cc2c1NC(=O)C[NH+]1CCCC(C)(C)C1. The number of carbonyl (C=O) groups is 2. The number of aromatic nitrogens is 1. The van der Waals surface area contributed by atoms with Crippen molar-refractivity contribution in [3.8, 4) is 0 Å². The molecule has 1 aliphatic heterocycles. The van der Waals surface area contributed by atoms with E-state index in [1.807, 2.05) is 25.1 Å². The summed E-state index contributed by atoms with van der Waals surface area (Å²) in [6.07, 6.45) is 2.33. The second-order valence-corrected chi connectivity index (χ2v) is 8.09. The molecule has 26 heavy (non-hydrogen) atoms. The molecular formula is C20H28N3O3+. The molecule has 0 radical (unpaired) electrons. The third-order valence-electron chi connectivity index (χ3n) is 5.13. The van der Waals surface area contributed by atoms with Gasteiger partial charge in [-0.05, 0) is 31.9 Å². The van der Waals surface area contributed by atoms with Crippen molar-refractivity contribution < 1.29 is 19.2 Å². The van der Waals surface area contributed by atoms with Gasteiger partial charge in [-0.25, -0.2) is 4.79 Å². The smallest absolute Gasteiger partial charge is 0.356 e. The van der Waals surface area contributed by atoms with Gasteiger partial charge in [0.2, 0.25) is 0 Å². The van der Waals surface area contributed by atoms with Gasteiger partial charge in [-0.3, -0.25) is 4.79 Å². The number of likely N-dealkylation sites (tertiary alicyclic amines) is 1. The predicted octanol–water partition coefficient (Wildman–Crippen LogP) is 1.91. The van der Waals surface area contributed by atoms with E-state index >= 15 is 0 Å². The van der Waals surface area contributed by atoms with Gasteiger partial charge in [0.25, 0.3) is 5.91 Å². The van der Waals surface area contributed by atoms with E-state index in [4.69, 9.17) is 4.74 Å². The van der Waals surface area contributed by atoms with Gasteiger partial charge in [0, 0.05) is 16.3 Å². The summed E-state index contributed by atoms with van der Waals surface area (Å²) in [5.74, 6) is -0.564. The fourth-order valence-electron chi connectivity index (χ4n) is 3.92. The number of nitrogens with one attached hydrogen (secondary N) is 3. The van der Waals surface area contributed by atoms with Gasteiger partial charge in [-0.15, -0.1) is 0 Å². The first kappa shape index (κ1) is 18.5. The van der Waals surface area contributed by atoms with E-state index in [-0.39, 0.29) is 17.0 Å². The van der Waals surface area contributed by atoms with Crippen LogP contribution in [-0.2, 0) is 9.53 Å². The molecule has 1 aliphatic rings. The average molecular weight is 358 g/mol. The van der Waals surface area contributed by atoms with Crippen LogP contribution < -0.4 is 10.2 Å². The third-order valence-corrected chi connectivity index (χ3v) is 5.13. The molecule has 1 saturated heterocycles. The Kier molecular flexibility index (Phi) is 5.05. The Morgan fingerprint density at radius 2 is 2.12 bits per heavy atom. The molecule has 1 aromatic carbocycles. The van der Waals surface area contributed by atoms with Gasteiger partial charge in [0.15, 0.2) is 6.54 Å². The predicted molar refractivity (Wildman–Crippen MR) is 102 cm³/mol. The molecule has 3 rings (SSSR count). The Labute approximate surface area is 153 Å². The highest BCUT2D eigenvalue weighted by Gasteiger charge is 2.31. The summed E-state index contributed by atoms with van der Waals surface area (Å²) in [6.45, 7) is 8.88. The number of aromatic amines is 1. The van der Waals surface area contributed by atoms with E-state index in [9.17, 15) is 9.59 Å². The maximum absolute atomic E-state index is 12.7. The van der Waals surface area contributed by atoms with Crippen LogP contribution in [0.5, 0.6) is 0 Å². The van der Waals surface area contributed by atoms with Crippen molar-refractivity contribution in [1.29, 1.82) is 0 Å². The summed E-state index contributed by atoms with van der Waals surface area (Å²) >= 11 is 0. The lowest BCUT2D eigenvalue weighted by molar-refractivity contribution is -0.904. The van der Waals surface area contributed by atoms with Gasteiger partial charge in [-0.1, -0.05) is 25.5 Å². The summed E-state index contributed by atoms with van der Waals surface area (Å²) in [5.41, 5.74) is 2.93. The summed E-state index contributed by atoms with van der Waals surface area (Å²) in [4.78, 5) is 29.2. The van der Waals surface area contributed by atoms with Gasteiger partial charge >= 0.3 is 5.97 Å². The third kappa shape index (κ3) is 3.90. The van der Waals surface area contributed by atoms with Crippen molar-refractivity contribution >= 4 is 28.5 Å². The number of benzene rings is 1. The molecule has 2 aromatic rings. The van der Waals surface area contributed by atoms with Crippen LogP contribution in [0.3, 0.4) is 0 Å². The fourth-order valence-corrected chi connectivity index (χ4v) is 3.92. The number of amides is 1. The quantitative estimate of drug-likeness (QED) is 0.731. The number of hydrogen-bond acceptors (Lipinski definition) is 3. The van der Waals surface area contributed by atoms with Crippen LogP contribution in [0.25, 0.3) is 10.9 Å². The Morgan fingerprint density at radius 3 is 2.81 bits per heavy atom. The molecular weight excluding hydrogens is 330 g/mol. The number of rotatable bonds is 4. The van der Waals surface area contributed by atoms with Crippen molar-refractivity contribution in [2.75, 3.05) is 32.1 Å². The minimum atomic E-state index is -0.486. The molecule has 140 valence electrons. The molecule has 0 aliphatic carbocycles. The number of methoxy groups -OCH3 is 1. The number of fused-ring (bicyclic) bond motifs is 1. The first-order valence-electron chi connectivity index (χ1n) is 9.13. The fraction of sp³-hybridized carbons (Fsp3) is 0.500. The highest BCUT2D eigenvalue weighted by molar-refractivity contribution is 6.11. The molecule has 1 aromatic heterocycles. The molecule has 3 N–H and O–H groups in total. The van der Waals surface area contributed by atoms with Crippen LogP contribution >= 0.6 is 0 Å². The van der Waals surface area contributed by atoms with Crippen molar-refractivity contribution in [1.82, 2.24) is 4.98 Å². The molecule has 1 amide bonds. The van der Waals surface area contributed by atoms with Gasteiger partial charge < -0.3 is 19.9 Å². The maximum Gasteiger partial charge on any atom is 0.356 e. The second kappa shape index (κ2) is 7.11. The Bertz CT molecular complexity index is 838. The van der Waals surface area contributed by atoms with Crippen LogP contribution in [0.15, 0.2) is 18.2 Å². The minimum absolute atomic E-state index is 0.0785. The lowest BCUT2D eigenvalue weighted by Gasteiger charge is -2.34. The molecule has 0 saturated carbocycles. The molecule has 0 bridgehead atoms. The number of quaternary nitrogens is 1. The second-order valence-electron chi connectivity index (χ2n) is 8.09. The maximum atomic E-state index is 12.7. The first-order chi connectivity index (χ1) is 12.3. The zero-order chi connectivity index (χ0) is 18.9. The number of hydrogen-bond donors (Lipinski definition) is 3. The van der Waals surface area contributed by atoms with Gasteiger partial charge in [0.05, 0.1) is 25.9 Å². The molecule has 6 heteroatoms. The van der Waals surface area contributed by atoms with E-state index in [1.54, 1.807) is 0 Å². The van der Waals surface area contributed by atoms with E-state index in [0.29, 0.717) is 12.2 Å². The van der Waals surface area contributed by atoms with Crippen molar-refractivity contribution in [3.05, 3.63) is 29.5 Å². The molecule has 1 unspecified atom stereocenters. The number of aryl methyl sites for hydroxylation is 1. The zero-order valence-corrected chi connectivity index (χ0v) is 16.0. The Balaban J connectivity index is 1.83. The van der Waals surface area contributed by atoms with E-state index < -0.39 is 5.97 Å². The van der Waals surface area contributed by atoms with Gasteiger partial charge in [-0.2, -0.15) is 0 Å². The van der Waals surface area contributed by atoms with Crippen molar-refractivity contribution in [2.24, 2.45) is 5.41 Å². The van der Waals surface area contributed by atoms with Crippen LogP contribution in [0, 0.1) is 12.3 Å². The zero-order valence-electron chi connectivity index (χ0n) is 16.0. The van der Waals surface area contributed by atoms with Crippen LogP contribution in [-0.4, -0.2) is 43.6 Å². The Hall–Kier alpha value is -2.34. The number of H-pyrrole nitrogens is 1. The van der Waals surface area contributed by atoms with Crippen molar-refractivity contribution in [2.45, 2.75) is 33.6 Å². The molecule has 2 heterocycles. The number of esters is 1. The number of ether oxygens (including phenoxy) is 1. The number of carbonyl (C=O) groups excluding carboxylic acids is 2. The average Bonchev–Trinajstić information content (AvgIpc) is 2.91. The van der Waals surface area contributed by atoms with E-state index in [0.717, 1.165) is 36.0 Å². The van der Waals surface area contributed by atoms with Crippen LogP contribution in [0.1, 0.15) is 42.7 Å². The molecule has 0 spiro atoms. The molecule has 6 nitrogen and oxygen atoms in total.